The molecule has 1 aromatic heterocycles. The zero-order chi connectivity index (χ0) is 23.2. The molecule has 1 spiro atoms. The van der Waals surface area contributed by atoms with E-state index < -0.39 is 17.2 Å². The van der Waals surface area contributed by atoms with E-state index in [1.54, 1.807) is 17.6 Å². The third kappa shape index (κ3) is 3.62. The molecular weight excluding hydrogens is 445 g/mol. The molecule has 7 heteroatoms. The monoisotopic (exact) mass is 467 g/mol. The van der Waals surface area contributed by atoms with Gasteiger partial charge >= 0.3 is 5.97 Å². The first kappa shape index (κ1) is 21.7. The van der Waals surface area contributed by atoms with Gasteiger partial charge in [-0.25, -0.2) is 9.18 Å². The van der Waals surface area contributed by atoms with Crippen LogP contribution in [0.1, 0.15) is 47.7 Å². The lowest BCUT2D eigenvalue weighted by Gasteiger charge is -2.48. The molecule has 170 valence electrons. The molecule has 1 fully saturated rings. The van der Waals surface area contributed by atoms with Gasteiger partial charge in [0, 0.05) is 17.3 Å². The molecule has 2 aromatic carbocycles. The number of aromatic nitrogens is 1. The highest BCUT2D eigenvalue weighted by Crippen LogP contribution is 2.50. The van der Waals surface area contributed by atoms with Gasteiger partial charge in [0.25, 0.3) is 0 Å². The van der Waals surface area contributed by atoms with Crippen LogP contribution in [0.3, 0.4) is 0 Å². The minimum Gasteiger partial charge on any atom is -0.487 e. The fourth-order valence-corrected chi connectivity index (χ4v) is 5.03. The number of esters is 1. The highest BCUT2D eigenvalue weighted by molar-refractivity contribution is 6.32. The second-order valence-corrected chi connectivity index (χ2v) is 9.00. The van der Waals surface area contributed by atoms with Gasteiger partial charge in [-0.1, -0.05) is 41.9 Å². The minimum atomic E-state index is -0.957. The molecule has 2 heterocycles. The van der Waals surface area contributed by atoms with Crippen LogP contribution < -0.4 is 10.2 Å². The SMILES string of the molecule is CCOC(=O)c1cn2c(c(F)c1=O)-c1cc(Cl)c(OCc3ccccc3)cc1CC21CCC1. The fraction of sp³-hybridized carbons (Fsp3) is 0.308. The molecule has 1 saturated carbocycles. The maximum atomic E-state index is 15.5. The van der Waals surface area contributed by atoms with Crippen LogP contribution in [-0.2, 0) is 23.3 Å². The van der Waals surface area contributed by atoms with Crippen LogP contribution in [0.5, 0.6) is 5.75 Å². The Hall–Kier alpha value is -3.12. The summed E-state index contributed by atoms with van der Waals surface area (Å²) in [5.74, 6) is -1.24. The largest absolute Gasteiger partial charge is 0.487 e. The number of carbonyl (C=O) groups excluding carboxylic acids is 1. The molecule has 5 nitrogen and oxygen atoms in total. The van der Waals surface area contributed by atoms with Crippen molar-refractivity contribution in [1.29, 1.82) is 0 Å². The molecule has 1 aliphatic carbocycles. The summed E-state index contributed by atoms with van der Waals surface area (Å²) in [6.07, 6.45) is 4.75. The van der Waals surface area contributed by atoms with Gasteiger partial charge in [-0.15, -0.1) is 0 Å². The molecular formula is C26H23ClFNO4. The maximum absolute atomic E-state index is 15.5. The lowest BCUT2D eigenvalue weighted by Crippen LogP contribution is -2.47. The van der Waals surface area contributed by atoms with E-state index in [1.165, 1.54) is 6.20 Å². The highest BCUT2D eigenvalue weighted by atomic mass is 35.5. The number of halogens is 2. The second kappa shape index (κ2) is 8.34. The summed E-state index contributed by atoms with van der Waals surface area (Å²) >= 11 is 6.52. The number of carbonyl (C=O) groups is 1. The van der Waals surface area contributed by atoms with Crippen molar-refractivity contribution in [2.45, 2.75) is 44.8 Å². The van der Waals surface area contributed by atoms with Crippen molar-refractivity contribution in [2.24, 2.45) is 0 Å². The Labute approximate surface area is 195 Å². The third-order valence-electron chi connectivity index (χ3n) is 6.61. The second-order valence-electron chi connectivity index (χ2n) is 8.59. The van der Waals surface area contributed by atoms with Crippen molar-refractivity contribution in [3.8, 4) is 17.0 Å². The van der Waals surface area contributed by atoms with E-state index in [0.29, 0.717) is 29.4 Å². The van der Waals surface area contributed by atoms with Crippen molar-refractivity contribution in [3.05, 3.63) is 86.4 Å². The molecule has 0 amide bonds. The standard InChI is InChI=1S/C26H23ClFNO4/c1-2-32-25(31)19-14-29-23(22(28)24(19)30)18-12-20(27)21(33-15-16-7-4-3-5-8-16)11-17(18)13-26(29)9-6-10-26/h3-5,7-8,11-12,14H,2,6,9-10,13,15H2,1H3. The van der Waals surface area contributed by atoms with Gasteiger partial charge in [-0.05, 0) is 55.9 Å². The summed E-state index contributed by atoms with van der Waals surface area (Å²) in [6, 6.07) is 13.3. The predicted molar refractivity (Wildman–Crippen MR) is 123 cm³/mol. The van der Waals surface area contributed by atoms with Crippen LogP contribution >= 0.6 is 11.6 Å². The van der Waals surface area contributed by atoms with Gasteiger partial charge in [-0.2, -0.15) is 0 Å². The Balaban J connectivity index is 1.60. The lowest BCUT2D eigenvalue weighted by atomic mass is 9.69. The fourth-order valence-electron chi connectivity index (χ4n) is 4.81. The van der Waals surface area contributed by atoms with E-state index in [2.05, 4.69) is 0 Å². The van der Waals surface area contributed by atoms with E-state index >= 15 is 4.39 Å². The van der Waals surface area contributed by atoms with Crippen molar-refractivity contribution < 1.29 is 18.7 Å². The molecule has 2 aliphatic rings. The van der Waals surface area contributed by atoms with Crippen molar-refractivity contribution in [1.82, 2.24) is 4.57 Å². The number of nitrogens with zero attached hydrogens (tertiary/aromatic N) is 1. The van der Waals surface area contributed by atoms with Crippen LogP contribution in [0, 0.1) is 5.82 Å². The molecule has 5 rings (SSSR count). The van der Waals surface area contributed by atoms with Crippen molar-refractivity contribution in [3.63, 3.8) is 0 Å². The first-order valence-electron chi connectivity index (χ1n) is 11.1. The van der Waals surface area contributed by atoms with Crippen molar-refractivity contribution >= 4 is 17.6 Å². The van der Waals surface area contributed by atoms with Crippen LogP contribution in [-0.4, -0.2) is 17.1 Å². The van der Waals surface area contributed by atoms with Gasteiger partial charge in [0.05, 0.1) is 17.3 Å². The molecule has 0 unspecified atom stereocenters. The smallest absolute Gasteiger partial charge is 0.343 e. The van der Waals surface area contributed by atoms with Gasteiger partial charge in [0.2, 0.25) is 5.43 Å². The summed E-state index contributed by atoms with van der Waals surface area (Å²) in [5, 5.41) is 0.335. The summed E-state index contributed by atoms with van der Waals surface area (Å²) in [6.45, 7) is 2.11. The number of benzene rings is 2. The normalized spacial score (nSPS) is 15.4. The van der Waals surface area contributed by atoms with Gasteiger partial charge in [0.15, 0.2) is 5.82 Å². The molecule has 0 atom stereocenters. The topological polar surface area (TPSA) is 57.5 Å². The number of ether oxygens (including phenoxy) is 2. The van der Waals surface area contributed by atoms with E-state index in [4.69, 9.17) is 21.1 Å². The minimum absolute atomic E-state index is 0.108. The van der Waals surface area contributed by atoms with E-state index in [1.807, 2.05) is 36.4 Å². The average molecular weight is 468 g/mol. The third-order valence-corrected chi connectivity index (χ3v) is 6.91. The number of fused-ring (bicyclic) bond motifs is 4. The lowest BCUT2D eigenvalue weighted by molar-refractivity contribution is 0.0520. The predicted octanol–water partition coefficient (Wildman–Crippen LogP) is 5.50. The molecule has 0 saturated heterocycles. The van der Waals surface area contributed by atoms with E-state index in [9.17, 15) is 9.59 Å². The first-order valence-corrected chi connectivity index (χ1v) is 11.4. The summed E-state index contributed by atoms with van der Waals surface area (Å²) < 4.78 is 28.2. The molecule has 0 bridgehead atoms. The summed E-state index contributed by atoms with van der Waals surface area (Å²) in [4.78, 5) is 25.1. The molecule has 3 aromatic rings. The Kier molecular flexibility index (Phi) is 5.49. The Bertz CT molecular complexity index is 1300. The first-order chi connectivity index (χ1) is 15.9. The highest BCUT2D eigenvalue weighted by Gasteiger charge is 2.45. The van der Waals surface area contributed by atoms with Gasteiger partial charge < -0.3 is 14.0 Å². The van der Waals surface area contributed by atoms with Gasteiger partial charge in [-0.3, -0.25) is 4.79 Å². The Morgan fingerprint density at radius 3 is 2.64 bits per heavy atom. The van der Waals surface area contributed by atoms with E-state index in [-0.39, 0.29) is 23.4 Å². The Morgan fingerprint density at radius 2 is 1.97 bits per heavy atom. The Morgan fingerprint density at radius 1 is 1.21 bits per heavy atom. The quantitative estimate of drug-likeness (QED) is 0.465. The zero-order valence-electron chi connectivity index (χ0n) is 18.2. The number of pyridine rings is 1. The number of rotatable bonds is 5. The zero-order valence-corrected chi connectivity index (χ0v) is 19.0. The summed E-state index contributed by atoms with van der Waals surface area (Å²) in [5.41, 5.74) is 0.993. The number of hydrogen-bond acceptors (Lipinski definition) is 4. The van der Waals surface area contributed by atoms with Gasteiger partial charge in [0.1, 0.15) is 17.9 Å². The van der Waals surface area contributed by atoms with Crippen molar-refractivity contribution in [2.75, 3.05) is 6.61 Å². The molecule has 1 aliphatic heterocycles. The molecule has 33 heavy (non-hydrogen) atoms. The van der Waals surface area contributed by atoms with Crippen LogP contribution in [0.4, 0.5) is 4.39 Å². The molecule has 0 N–H and O–H groups in total. The maximum Gasteiger partial charge on any atom is 0.343 e. The van der Waals surface area contributed by atoms with Crippen LogP contribution in [0.25, 0.3) is 11.3 Å². The summed E-state index contributed by atoms with van der Waals surface area (Å²) in [7, 11) is 0. The average Bonchev–Trinajstić information content (AvgIpc) is 2.79. The van der Waals surface area contributed by atoms with Crippen LogP contribution in [0.15, 0.2) is 53.5 Å². The van der Waals surface area contributed by atoms with E-state index in [0.717, 1.165) is 30.4 Å². The molecule has 0 radical (unpaired) electrons. The number of hydrogen-bond donors (Lipinski definition) is 0. The van der Waals surface area contributed by atoms with Crippen LogP contribution in [0.2, 0.25) is 5.02 Å².